The Hall–Kier alpha value is -2.57. The summed E-state index contributed by atoms with van der Waals surface area (Å²) in [4.78, 5) is 12.1. The molecule has 1 saturated carbocycles. The zero-order chi connectivity index (χ0) is 17.1. The van der Waals surface area contributed by atoms with Crippen LogP contribution >= 0.6 is 0 Å². The second-order valence-corrected chi connectivity index (χ2v) is 6.01. The number of aromatic nitrogens is 2. The number of carbonyl (C=O) groups excluding carboxylic acids is 1. The first-order valence-electron chi connectivity index (χ1n) is 7.97. The Labute approximate surface area is 140 Å². The van der Waals surface area contributed by atoms with Gasteiger partial charge in [-0.05, 0) is 30.5 Å². The van der Waals surface area contributed by atoms with Crippen molar-refractivity contribution in [2.24, 2.45) is 7.05 Å². The molecule has 0 bridgehead atoms. The fourth-order valence-electron chi connectivity index (χ4n) is 2.69. The number of hydrogen-bond donors (Lipinski definition) is 2. The summed E-state index contributed by atoms with van der Waals surface area (Å²) in [5.74, 6) is 1.17. The van der Waals surface area contributed by atoms with Crippen LogP contribution in [0.25, 0.3) is 0 Å². The summed E-state index contributed by atoms with van der Waals surface area (Å²) in [6.45, 7) is 0.202. The lowest BCUT2D eigenvalue weighted by Crippen LogP contribution is -2.29. The average Bonchev–Trinajstić information content (AvgIpc) is 2.83. The summed E-state index contributed by atoms with van der Waals surface area (Å²) in [7, 11) is 3.27. The van der Waals surface area contributed by atoms with Crippen molar-refractivity contribution in [3.05, 3.63) is 41.3 Å². The number of hydrogen-bond acceptors (Lipinski definition) is 3. The number of nitrogens with zero attached hydrogens (tertiary/aromatic N) is 2. The van der Waals surface area contributed by atoms with Crippen molar-refractivity contribution in [1.29, 1.82) is 0 Å². The van der Waals surface area contributed by atoms with E-state index in [0.717, 1.165) is 18.5 Å². The molecule has 24 heavy (non-hydrogen) atoms. The molecular formula is C17H21FN4O2. The Morgan fingerprint density at radius 2 is 2.17 bits per heavy atom. The summed E-state index contributed by atoms with van der Waals surface area (Å²) < 4.78 is 20.1. The van der Waals surface area contributed by atoms with E-state index in [1.165, 1.54) is 25.7 Å². The van der Waals surface area contributed by atoms with Crippen molar-refractivity contribution in [3.63, 3.8) is 0 Å². The van der Waals surface area contributed by atoms with Gasteiger partial charge in [0.2, 0.25) is 0 Å². The minimum atomic E-state index is -0.400. The molecule has 0 aliphatic heterocycles. The summed E-state index contributed by atoms with van der Waals surface area (Å²) in [6.07, 6.45) is 3.55. The maximum atomic E-state index is 13.4. The summed E-state index contributed by atoms with van der Waals surface area (Å²) in [5.41, 5.74) is 1.65. The fraction of sp³-hybridized carbons (Fsp3) is 0.412. The number of nitrogens with one attached hydrogen (secondary N) is 2. The normalized spacial score (nSPS) is 14.1. The smallest absolute Gasteiger partial charge is 0.320 e. The summed E-state index contributed by atoms with van der Waals surface area (Å²) in [5, 5.41) is 9.93. The highest BCUT2D eigenvalue weighted by Crippen LogP contribution is 2.36. The number of carbonyl (C=O) groups is 1. The predicted molar refractivity (Wildman–Crippen MR) is 88.6 cm³/mol. The number of benzene rings is 1. The molecule has 2 amide bonds. The first kappa shape index (κ1) is 16.3. The highest BCUT2D eigenvalue weighted by atomic mass is 19.1. The van der Waals surface area contributed by atoms with Crippen molar-refractivity contribution in [1.82, 2.24) is 15.1 Å². The summed E-state index contributed by atoms with van der Waals surface area (Å²) in [6, 6.07) is 5.89. The molecule has 1 aliphatic rings. The minimum absolute atomic E-state index is 0.202. The molecule has 1 aliphatic carbocycles. The topological polar surface area (TPSA) is 68.2 Å². The van der Waals surface area contributed by atoms with Crippen molar-refractivity contribution in [2.45, 2.75) is 31.7 Å². The van der Waals surface area contributed by atoms with Crippen molar-refractivity contribution in [2.75, 3.05) is 12.4 Å². The van der Waals surface area contributed by atoms with Crippen LogP contribution in [0, 0.1) is 5.82 Å². The van der Waals surface area contributed by atoms with E-state index in [-0.39, 0.29) is 12.6 Å². The number of amides is 2. The van der Waals surface area contributed by atoms with E-state index in [0.29, 0.717) is 23.0 Å². The quantitative estimate of drug-likeness (QED) is 0.884. The Kier molecular flexibility index (Phi) is 4.69. The van der Waals surface area contributed by atoms with Crippen LogP contribution < -0.4 is 15.4 Å². The lowest BCUT2D eigenvalue weighted by Gasteiger charge is -2.22. The molecule has 1 fully saturated rings. The molecule has 1 aromatic carbocycles. The van der Waals surface area contributed by atoms with Crippen LogP contribution in [0.1, 0.15) is 36.4 Å². The molecule has 0 unspecified atom stereocenters. The molecule has 0 spiro atoms. The third-order valence-corrected chi connectivity index (χ3v) is 4.28. The number of anilines is 1. The standard InChI is InChI=1S/C17H21FN4O2/c1-22-16(9-15(21-22)12-4-3-5-12)20-17(23)19-10-11-6-13(18)8-14(7-11)24-2/h6-9,12H,3-5,10H2,1-2H3,(H2,19,20,23). The van der Waals surface area contributed by atoms with Gasteiger partial charge in [-0.25, -0.2) is 9.18 Å². The lowest BCUT2D eigenvalue weighted by molar-refractivity contribution is 0.251. The number of ether oxygens (including phenoxy) is 1. The molecule has 3 rings (SSSR count). The minimum Gasteiger partial charge on any atom is -0.497 e. The highest BCUT2D eigenvalue weighted by Gasteiger charge is 2.23. The van der Waals surface area contributed by atoms with Gasteiger partial charge in [-0.1, -0.05) is 6.42 Å². The zero-order valence-electron chi connectivity index (χ0n) is 13.8. The monoisotopic (exact) mass is 332 g/mol. The van der Waals surface area contributed by atoms with Gasteiger partial charge in [-0.15, -0.1) is 0 Å². The van der Waals surface area contributed by atoms with E-state index in [1.54, 1.807) is 17.8 Å². The first-order chi connectivity index (χ1) is 11.5. The highest BCUT2D eigenvalue weighted by molar-refractivity contribution is 5.88. The third-order valence-electron chi connectivity index (χ3n) is 4.28. The molecule has 6 nitrogen and oxygen atoms in total. The number of rotatable bonds is 5. The first-order valence-corrected chi connectivity index (χ1v) is 7.97. The molecule has 2 N–H and O–H groups in total. The number of halogens is 1. The van der Waals surface area contributed by atoms with Crippen LogP contribution in [-0.4, -0.2) is 22.9 Å². The number of aryl methyl sites for hydroxylation is 1. The van der Waals surface area contributed by atoms with E-state index in [2.05, 4.69) is 15.7 Å². The zero-order valence-corrected chi connectivity index (χ0v) is 13.8. The number of methoxy groups -OCH3 is 1. The van der Waals surface area contributed by atoms with E-state index in [9.17, 15) is 9.18 Å². The Morgan fingerprint density at radius 1 is 1.38 bits per heavy atom. The molecular weight excluding hydrogens is 311 g/mol. The van der Waals surface area contributed by atoms with Gasteiger partial charge in [0.05, 0.1) is 12.8 Å². The fourth-order valence-corrected chi connectivity index (χ4v) is 2.69. The van der Waals surface area contributed by atoms with Crippen LogP contribution in [0.15, 0.2) is 24.3 Å². The Bertz CT molecular complexity index is 740. The Morgan fingerprint density at radius 3 is 2.83 bits per heavy atom. The van der Waals surface area contributed by atoms with Gasteiger partial charge in [0.25, 0.3) is 0 Å². The van der Waals surface area contributed by atoms with Crippen molar-refractivity contribution >= 4 is 11.8 Å². The van der Waals surface area contributed by atoms with E-state index >= 15 is 0 Å². The van der Waals surface area contributed by atoms with Crippen molar-refractivity contribution in [3.8, 4) is 5.75 Å². The van der Waals surface area contributed by atoms with Gasteiger partial charge < -0.3 is 10.1 Å². The molecule has 2 aromatic rings. The predicted octanol–water partition coefficient (Wildman–Crippen LogP) is 3.16. The van der Waals surface area contributed by atoms with Gasteiger partial charge in [-0.3, -0.25) is 10.00 Å². The van der Waals surface area contributed by atoms with Crippen LogP contribution in [0.3, 0.4) is 0 Å². The maximum absolute atomic E-state index is 13.4. The van der Waals surface area contributed by atoms with Crippen LogP contribution in [0.4, 0.5) is 15.0 Å². The van der Waals surface area contributed by atoms with Gasteiger partial charge in [0.15, 0.2) is 0 Å². The Balaban J connectivity index is 1.58. The maximum Gasteiger partial charge on any atom is 0.320 e. The molecule has 0 radical (unpaired) electrons. The van der Waals surface area contributed by atoms with Gasteiger partial charge in [-0.2, -0.15) is 5.10 Å². The van der Waals surface area contributed by atoms with Crippen LogP contribution in [0.2, 0.25) is 0 Å². The number of urea groups is 1. The molecule has 0 atom stereocenters. The molecule has 1 heterocycles. The third kappa shape index (κ3) is 3.67. The van der Waals surface area contributed by atoms with Crippen molar-refractivity contribution < 1.29 is 13.9 Å². The lowest BCUT2D eigenvalue weighted by atomic mass is 9.83. The summed E-state index contributed by atoms with van der Waals surface area (Å²) >= 11 is 0. The molecule has 1 aromatic heterocycles. The SMILES string of the molecule is COc1cc(F)cc(CNC(=O)Nc2cc(C3CCC3)nn2C)c1. The van der Waals surface area contributed by atoms with Gasteiger partial charge in [0, 0.05) is 31.6 Å². The van der Waals surface area contributed by atoms with Crippen LogP contribution in [-0.2, 0) is 13.6 Å². The van der Waals surface area contributed by atoms with E-state index in [4.69, 9.17) is 4.74 Å². The van der Waals surface area contributed by atoms with Crippen LogP contribution in [0.5, 0.6) is 5.75 Å². The average molecular weight is 332 g/mol. The van der Waals surface area contributed by atoms with E-state index < -0.39 is 5.82 Å². The second kappa shape index (κ2) is 6.90. The molecule has 0 saturated heterocycles. The largest absolute Gasteiger partial charge is 0.497 e. The van der Waals surface area contributed by atoms with E-state index in [1.807, 2.05) is 6.07 Å². The van der Waals surface area contributed by atoms with Gasteiger partial charge >= 0.3 is 6.03 Å². The second-order valence-electron chi connectivity index (χ2n) is 6.01. The molecule has 7 heteroatoms. The van der Waals surface area contributed by atoms with Gasteiger partial charge in [0.1, 0.15) is 17.4 Å². The molecule has 128 valence electrons.